The van der Waals surface area contributed by atoms with Crippen LogP contribution in [0.15, 0.2) is 46.1 Å². The van der Waals surface area contributed by atoms with Gasteiger partial charge >= 0.3 is 6.09 Å². The smallest absolute Gasteiger partial charge is 0.410 e. The largest absolute Gasteiger partial charge is 0.495 e. The molecule has 3 aromatic rings. The molecule has 0 aromatic carbocycles. The number of hydrogen-bond acceptors (Lipinski definition) is 9. The van der Waals surface area contributed by atoms with Crippen LogP contribution >= 0.6 is 0 Å². The zero-order valence-electron chi connectivity index (χ0n) is 24.6. The fourth-order valence-corrected chi connectivity index (χ4v) is 5.38. The number of anilines is 1. The molecule has 1 aliphatic heterocycles. The highest BCUT2D eigenvalue weighted by Crippen LogP contribution is 2.31. The van der Waals surface area contributed by atoms with Crippen LogP contribution in [0.5, 0.6) is 5.75 Å². The van der Waals surface area contributed by atoms with Crippen LogP contribution < -0.4 is 15.2 Å². The van der Waals surface area contributed by atoms with Crippen molar-refractivity contribution in [1.82, 2.24) is 24.6 Å². The Morgan fingerprint density at radius 1 is 1.20 bits per heavy atom. The lowest BCUT2D eigenvalue weighted by molar-refractivity contribution is 0.00736. The summed E-state index contributed by atoms with van der Waals surface area (Å²) in [6.45, 7) is 9.76. The Kier molecular flexibility index (Phi) is 8.32. The van der Waals surface area contributed by atoms with Gasteiger partial charge in [-0.25, -0.2) is 4.79 Å². The van der Waals surface area contributed by atoms with E-state index < -0.39 is 11.6 Å². The molecule has 11 nitrogen and oxygen atoms in total. The predicted octanol–water partition coefficient (Wildman–Crippen LogP) is 4.92. The van der Waals surface area contributed by atoms with E-state index in [4.69, 9.17) is 14.0 Å². The summed E-state index contributed by atoms with van der Waals surface area (Å²) in [7, 11) is 1.57. The fourth-order valence-electron chi connectivity index (χ4n) is 5.38. The zero-order valence-corrected chi connectivity index (χ0v) is 24.6. The van der Waals surface area contributed by atoms with Gasteiger partial charge in [-0.2, -0.15) is 4.98 Å². The molecule has 0 spiro atoms. The second-order valence-corrected chi connectivity index (χ2v) is 12.0. The van der Waals surface area contributed by atoms with Gasteiger partial charge in [0.05, 0.1) is 19.3 Å². The number of nitrogens with zero attached hydrogens (tertiary/aromatic N) is 6. The van der Waals surface area contributed by atoms with Crippen molar-refractivity contribution in [3.05, 3.63) is 53.0 Å². The summed E-state index contributed by atoms with van der Waals surface area (Å²) in [5, 5.41) is 4.07. The molecule has 1 saturated heterocycles. The summed E-state index contributed by atoms with van der Waals surface area (Å²) in [6, 6.07) is 4.92. The van der Waals surface area contributed by atoms with Crippen molar-refractivity contribution in [3.63, 3.8) is 0 Å². The van der Waals surface area contributed by atoms with Crippen LogP contribution in [0.3, 0.4) is 0 Å². The van der Waals surface area contributed by atoms with Gasteiger partial charge < -0.3 is 28.4 Å². The summed E-state index contributed by atoms with van der Waals surface area (Å²) in [4.78, 5) is 39.3. The molecule has 1 unspecified atom stereocenters. The summed E-state index contributed by atoms with van der Waals surface area (Å²) < 4.78 is 18.1. The Morgan fingerprint density at radius 3 is 2.68 bits per heavy atom. The minimum atomic E-state index is -0.547. The van der Waals surface area contributed by atoms with Gasteiger partial charge in [-0.05, 0) is 71.4 Å². The topological polar surface area (TPSA) is 116 Å². The lowest BCUT2D eigenvalue weighted by atomic mass is 9.84. The van der Waals surface area contributed by atoms with Gasteiger partial charge in [0.2, 0.25) is 11.7 Å². The molecule has 3 aromatic heterocycles. The molecule has 11 heteroatoms. The molecule has 4 heterocycles. The molecule has 1 aliphatic carbocycles. The van der Waals surface area contributed by atoms with E-state index in [9.17, 15) is 9.59 Å². The lowest BCUT2D eigenvalue weighted by Gasteiger charge is -2.43. The first kappa shape index (κ1) is 28.6. The van der Waals surface area contributed by atoms with Crippen molar-refractivity contribution >= 4 is 11.8 Å². The zero-order chi connectivity index (χ0) is 29.1. The summed E-state index contributed by atoms with van der Waals surface area (Å²) in [6.07, 6.45) is 10.1. The molecule has 41 heavy (non-hydrogen) atoms. The molecule has 2 atom stereocenters. The van der Waals surface area contributed by atoms with E-state index in [0.717, 1.165) is 44.5 Å². The number of methoxy groups -OCH3 is 1. The van der Waals surface area contributed by atoms with Crippen LogP contribution in [0.1, 0.15) is 71.7 Å². The maximum atomic E-state index is 13.3. The van der Waals surface area contributed by atoms with Crippen LogP contribution in [-0.2, 0) is 4.74 Å². The third kappa shape index (κ3) is 6.71. The van der Waals surface area contributed by atoms with Gasteiger partial charge in [0, 0.05) is 49.3 Å². The SMILES string of the molecule is COc1cncc(-c2noc(C(C)n3ccc(N4CCC[C@@H](N(CC5CCC5)C(=O)OC(C)(C)C)C4)cc3=O)n2)c1. The van der Waals surface area contributed by atoms with Gasteiger partial charge in [-0.15, -0.1) is 0 Å². The van der Waals surface area contributed by atoms with E-state index in [1.807, 2.05) is 38.7 Å². The van der Waals surface area contributed by atoms with E-state index in [0.29, 0.717) is 35.5 Å². The van der Waals surface area contributed by atoms with Crippen LogP contribution in [0, 0.1) is 5.92 Å². The third-order valence-electron chi connectivity index (χ3n) is 7.87. The first-order valence-corrected chi connectivity index (χ1v) is 14.4. The fraction of sp³-hybridized carbons (Fsp3) is 0.567. The molecular formula is C30H40N6O5. The van der Waals surface area contributed by atoms with Gasteiger partial charge in [-0.3, -0.25) is 9.78 Å². The van der Waals surface area contributed by atoms with Crippen LogP contribution in [0.4, 0.5) is 10.5 Å². The summed E-state index contributed by atoms with van der Waals surface area (Å²) in [5.41, 5.74) is 0.781. The second kappa shape index (κ2) is 11.9. The molecule has 0 radical (unpaired) electrons. The minimum absolute atomic E-state index is 0.0310. The number of aromatic nitrogens is 4. The molecule has 1 saturated carbocycles. The number of pyridine rings is 2. The minimum Gasteiger partial charge on any atom is -0.495 e. The number of ether oxygens (including phenoxy) is 2. The first-order valence-electron chi connectivity index (χ1n) is 14.4. The number of piperidine rings is 1. The summed E-state index contributed by atoms with van der Waals surface area (Å²) >= 11 is 0. The number of carbonyl (C=O) groups excluding carboxylic acids is 1. The number of rotatable bonds is 8. The quantitative estimate of drug-likeness (QED) is 0.376. The number of carbonyl (C=O) groups is 1. The monoisotopic (exact) mass is 564 g/mol. The Morgan fingerprint density at radius 2 is 2.00 bits per heavy atom. The summed E-state index contributed by atoms with van der Waals surface area (Å²) in [5.74, 6) is 1.82. The average Bonchev–Trinajstić information content (AvgIpc) is 3.42. The Labute approximate surface area is 240 Å². The molecule has 1 amide bonds. The average molecular weight is 565 g/mol. The van der Waals surface area contributed by atoms with E-state index in [-0.39, 0.29) is 17.7 Å². The highest BCUT2D eigenvalue weighted by molar-refractivity contribution is 5.69. The first-order chi connectivity index (χ1) is 19.6. The van der Waals surface area contributed by atoms with Crippen molar-refractivity contribution < 1.29 is 18.8 Å². The Bertz CT molecular complexity index is 1410. The van der Waals surface area contributed by atoms with E-state index in [2.05, 4.69) is 20.0 Å². The highest BCUT2D eigenvalue weighted by atomic mass is 16.6. The van der Waals surface area contributed by atoms with Gasteiger partial charge in [0.25, 0.3) is 5.56 Å². The van der Waals surface area contributed by atoms with Crippen molar-refractivity contribution in [2.75, 3.05) is 31.6 Å². The van der Waals surface area contributed by atoms with Crippen molar-refractivity contribution in [3.8, 4) is 17.1 Å². The van der Waals surface area contributed by atoms with Crippen LogP contribution in [0.25, 0.3) is 11.4 Å². The predicted molar refractivity (Wildman–Crippen MR) is 154 cm³/mol. The van der Waals surface area contributed by atoms with Gasteiger partial charge in [0.15, 0.2) is 0 Å². The number of amides is 1. The maximum absolute atomic E-state index is 13.3. The van der Waals surface area contributed by atoms with Crippen molar-refractivity contribution in [2.45, 2.75) is 77.5 Å². The lowest BCUT2D eigenvalue weighted by Crippen LogP contribution is -2.53. The van der Waals surface area contributed by atoms with Crippen LogP contribution in [0.2, 0.25) is 0 Å². The van der Waals surface area contributed by atoms with Crippen LogP contribution in [-0.4, -0.2) is 69.1 Å². The van der Waals surface area contributed by atoms with E-state index >= 15 is 0 Å². The molecule has 220 valence electrons. The van der Waals surface area contributed by atoms with Crippen molar-refractivity contribution in [2.24, 2.45) is 5.92 Å². The Hall–Kier alpha value is -3.89. The van der Waals surface area contributed by atoms with Crippen molar-refractivity contribution in [1.29, 1.82) is 0 Å². The second-order valence-electron chi connectivity index (χ2n) is 12.0. The van der Waals surface area contributed by atoms with Gasteiger partial charge in [0.1, 0.15) is 17.4 Å². The molecule has 0 N–H and O–H groups in total. The standard InChI is InChI=1S/C30H40N6O5/c1-20(28-32-27(33-41-28)22-14-25(39-5)17-31-16-22)35-13-11-23(15-26(35)37)34-12-7-10-24(19-34)36(18-21-8-6-9-21)29(38)40-30(2,3)4/h11,13-17,20-21,24H,6-10,12,18-19H2,1-5H3/t20?,24-/m1/s1. The normalized spacial score (nSPS) is 18.5. The molecule has 0 bridgehead atoms. The molecule has 2 aliphatic rings. The molecule has 2 fully saturated rings. The highest BCUT2D eigenvalue weighted by Gasteiger charge is 2.34. The third-order valence-corrected chi connectivity index (χ3v) is 7.87. The Balaban J connectivity index is 1.30. The van der Waals surface area contributed by atoms with E-state index in [1.165, 1.54) is 6.42 Å². The maximum Gasteiger partial charge on any atom is 0.410 e. The van der Waals surface area contributed by atoms with E-state index in [1.54, 1.807) is 42.4 Å². The van der Waals surface area contributed by atoms with Gasteiger partial charge in [-0.1, -0.05) is 11.6 Å². The number of hydrogen-bond donors (Lipinski definition) is 0. The molecule has 5 rings (SSSR count). The molecular weight excluding hydrogens is 524 g/mol.